The normalized spacial score (nSPS) is 10.8. The quantitative estimate of drug-likeness (QED) is 0.557. The monoisotopic (exact) mass is 339 g/mol. The fraction of sp³-hybridized carbons (Fsp3) is 0.0588. The van der Waals surface area contributed by atoms with E-state index < -0.39 is 0 Å². The number of fused-ring (bicyclic) bond motifs is 1. The molecule has 4 rings (SSSR count). The Morgan fingerprint density at radius 1 is 1.04 bits per heavy atom. The van der Waals surface area contributed by atoms with Gasteiger partial charge in [-0.05, 0) is 29.6 Å². The Morgan fingerprint density at radius 2 is 2.00 bits per heavy atom. The van der Waals surface area contributed by atoms with Crippen LogP contribution in [0.25, 0.3) is 20.0 Å². The summed E-state index contributed by atoms with van der Waals surface area (Å²) in [6.45, 7) is 0. The number of rotatable bonds is 4. The van der Waals surface area contributed by atoms with Crippen molar-refractivity contribution in [1.82, 2.24) is 9.97 Å². The molecule has 114 valence electrons. The van der Waals surface area contributed by atoms with Gasteiger partial charge in [0.05, 0.1) is 17.3 Å². The van der Waals surface area contributed by atoms with Gasteiger partial charge in [-0.25, -0.2) is 9.97 Å². The van der Waals surface area contributed by atoms with E-state index >= 15 is 0 Å². The van der Waals surface area contributed by atoms with E-state index in [4.69, 9.17) is 4.74 Å². The zero-order chi connectivity index (χ0) is 15.6. The molecule has 0 aliphatic heterocycles. The Labute approximate surface area is 141 Å². The van der Waals surface area contributed by atoms with Crippen molar-refractivity contribution in [3.63, 3.8) is 0 Å². The Morgan fingerprint density at radius 3 is 2.83 bits per heavy atom. The molecule has 4 aromatic rings. The maximum absolute atomic E-state index is 5.26. The first kappa shape index (κ1) is 14.2. The first-order chi connectivity index (χ1) is 11.3. The van der Waals surface area contributed by atoms with E-state index in [1.165, 1.54) is 9.75 Å². The summed E-state index contributed by atoms with van der Waals surface area (Å²) in [5, 5.41) is 5.45. The van der Waals surface area contributed by atoms with E-state index in [9.17, 15) is 0 Å². The van der Waals surface area contributed by atoms with Crippen molar-refractivity contribution in [3.8, 4) is 15.5 Å². The number of hydrogen-bond acceptors (Lipinski definition) is 6. The van der Waals surface area contributed by atoms with Gasteiger partial charge < -0.3 is 10.1 Å². The zero-order valence-corrected chi connectivity index (χ0v) is 13.9. The van der Waals surface area contributed by atoms with E-state index in [2.05, 4.69) is 38.9 Å². The molecule has 0 aliphatic rings. The highest BCUT2D eigenvalue weighted by Gasteiger charge is 2.11. The summed E-state index contributed by atoms with van der Waals surface area (Å²) in [7, 11) is 1.66. The Kier molecular flexibility index (Phi) is 3.69. The van der Waals surface area contributed by atoms with Crippen molar-refractivity contribution < 1.29 is 4.74 Å². The summed E-state index contributed by atoms with van der Waals surface area (Å²) < 4.78 is 6.32. The number of aromatic nitrogens is 2. The summed E-state index contributed by atoms with van der Waals surface area (Å²) in [5.74, 6) is 1.63. The van der Waals surface area contributed by atoms with Crippen LogP contribution in [-0.2, 0) is 0 Å². The average Bonchev–Trinajstić information content (AvgIpc) is 3.24. The van der Waals surface area contributed by atoms with Crippen LogP contribution in [0.5, 0.6) is 5.75 Å². The summed E-state index contributed by atoms with van der Waals surface area (Å²) in [4.78, 5) is 11.3. The third kappa shape index (κ3) is 2.78. The van der Waals surface area contributed by atoms with E-state index in [0.717, 1.165) is 27.5 Å². The molecule has 0 fully saturated rings. The number of anilines is 2. The van der Waals surface area contributed by atoms with Gasteiger partial charge in [0, 0.05) is 21.5 Å². The smallest absolute Gasteiger partial charge is 0.151 e. The van der Waals surface area contributed by atoms with E-state index in [1.54, 1.807) is 36.1 Å². The van der Waals surface area contributed by atoms with Crippen molar-refractivity contribution >= 4 is 44.4 Å². The number of thiophene rings is 2. The maximum Gasteiger partial charge on any atom is 0.151 e. The van der Waals surface area contributed by atoms with Crippen LogP contribution >= 0.6 is 22.7 Å². The molecular weight excluding hydrogens is 326 g/mol. The highest BCUT2D eigenvalue weighted by molar-refractivity contribution is 7.26. The number of benzene rings is 1. The maximum atomic E-state index is 5.26. The number of ether oxygens (including phenoxy) is 1. The zero-order valence-electron chi connectivity index (χ0n) is 12.3. The molecule has 6 heteroatoms. The lowest BCUT2D eigenvalue weighted by Crippen LogP contribution is -1.94. The fourth-order valence-corrected chi connectivity index (χ4v) is 4.20. The van der Waals surface area contributed by atoms with Gasteiger partial charge in [-0.2, -0.15) is 0 Å². The summed E-state index contributed by atoms with van der Waals surface area (Å²) in [6.07, 6.45) is 1.59. The van der Waals surface area contributed by atoms with Crippen LogP contribution in [0.2, 0.25) is 0 Å². The van der Waals surface area contributed by atoms with Crippen molar-refractivity contribution in [3.05, 3.63) is 54.2 Å². The van der Waals surface area contributed by atoms with Crippen molar-refractivity contribution in [2.24, 2.45) is 0 Å². The largest absolute Gasteiger partial charge is 0.497 e. The first-order valence-electron chi connectivity index (χ1n) is 7.03. The molecule has 3 heterocycles. The van der Waals surface area contributed by atoms with Crippen LogP contribution < -0.4 is 10.1 Å². The van der Waals surface area contributed by atoms with Gasteiger partial charge in [0.1, 0.15) is 12.1 Å². The second kappa shape index (κ2) is 5.98. The first-order valence-corrected chi connectivity index (χ1v) is 8.72. The van der Waals surface area contributed by atoms with Crippen LogP contribution in [0, 0.1) is 0 Å². The average molecular weight is 339 g/mol. The Hall–Kier alpha value is -2.44. The molecule has 0 spiro atoms. The molecule has 0 saturated heterocycles. The minimum atomic E-state index is 0.811. The standard InChI is InChI=1S/C17H13N3OS2/c1-21-12-5-2-4-11(8-12)20-17-16-13(18-10-19-17)9-15(23-16)14-6-3-7-22-14/h2-10H,1H3,(H,18,19,20). The minimum Gasteiger partial charge on any atom is -0.497 e. The van der Waals surface area contributed by atoms with E-state index in [0.29, 0.717) is 0 Å². The van der Waals surface area contributed by atoms with Gasteiger partial charge in [0.15, 0.2) is 5.82 Å². The molecule has 23 heavy (non-hydrogen) atoms. The molecule has 0 saturated carbocycles. The predicted molar refractivity (Wildman–Crippen MR) is 97.0 cm³/mol. The third-order valence-corrected chi connectivity index (χ3v) is 5.60. The molecule has 0 bridgehead atoms. The van der Waals surface area contributed by atoms with Crippen LogP contribution in [0.3, 0.4) is 0 Å². The van der Waals surface area contributed by atoms with Gasteiger partial charge in [0.2, 0.25) is 0 Å². The summed E-state index contributed by atoms with van der Waals surface area (Å²) >= 11 is 3.43. The lowest BCUT2D eigenvalue weighted by atomic mass is 10.3. The van der Waals surface area contributed by atoms with Gasteiger partial charge in [0.25, 0.3) is 0 Å². The molecule has 0 amide bonds. The minimum absolute atomic E-state index is 0.811. The molecule has 1 N–H and O–H groups in total. The molecule has 1 aromatic carbocycles. The van der Waals surface area contributed by atoms with Gasteiger partial charge in [-0.15, -0.1) is 22.7 Å². The van der Waals surface area contributed by atoms with Gasteiger partial charge in [-0.1, -0.05) is 12.1 Å². The Bertz CT molecular complexity index is 948. The lowest BCUT2D eigenvalue weighted by molar-refractivity contribution is 0.415. The van der Waals surface area contributed by atoms with Crippen LogP contribution in [0.4, 0.5) is 11.5 Å². The molecular formula is C17H13N3OS2. The van der Waals surface area contributed by atoms with Crippen molar-refractivity contribution in [2.75, 3.05) is 12.4 Å². The van der Waals surface area contributed by atoms with E-state index in [1.807, 2.05) is 24.3 Å². The summed E-state index contributed by atoms with van der Waals surface area (Å²) in [5.41, 5.74) is 1.90. The predicted octanol–water partition coefficient (Wildman–Crippen LogP) is 5.17. The van der Waals surface area contributed by atoms with Crippen LogP contribution in [0.15, 0.2) is 54.2 Å². The van der Waals surface area contributed by atoms with Gasteiger partial charge >= 0.3 is 0 Å². The SMILES string of the molecule is COc1cccc(Nc2ncnc3cc(-c4cccs4)sc23)c1. The molecule has 0 unspecified atom stereocenters. The fourth-order valence-electron chi connectivity index (χ4n) is 2.32. The lowest BCUT2D eigenvalue weighted by Gasteiger charge is -2.07. The molecule has 4 nitrogen and oxygen atoms in total. The number of nitrogens with one attached hydrogen (secondary N) is 1. The van der Waals surface area contributed by atoms with Gasteiger partial charge in [-0.3, -0.25) is 0 Å². The van der Waals surface area contributed by atoms with Crippen LogP contribution in [0.1, 0.15) is 0 Å². The molecule has 0 atom stereocenters. The molecule has 0 aliphatic carbocycles. The van der Waals surface area contributed by atoms with Crippen molar-refractivity contribution in [1.29, 1.82) is 0 Å². The van der Waals surface area contributed by atoms with Crippen LogP contribution in [-0.4, -0.2) is 17.1 Å². The topological polar surface area (TPSA) is 47.0 Å². The third-order valence-electron chi connectivity index (χ3n) is 3.41. The summed E-state index contributed by atoms with van der Waals surface area (Å²) in [6, 6.07) is 14.1. The van der Waals surface area contributed by atoms with E-state index in [-0.39, 0.29) is 0 Å². The highest BCUT2D eigenvalue weighted by Crippen LogP contribution is 2.38. The molecule has 3 aromatic heterocycles. The highest BCUT2D eigenvalue weighted by atomic mass is 32.1. The number of hydrogen-bond donors (Lipinski definition) is 1. The number of methoxy groups -OCH3 is 1. The molecule has 0 radical (unpaired) electrons. The second-order valence-corrected chi connectivity index (χ2v) is 6.88. The van der Waals surface area contributed by atoms with Crippen molar-refractivity contribution in [2.45, 2.75) is 0 Å². The second-order valence-electron chi connectivity index (χ2n) is 4.88. The Balaban J connectivity index is 1.74. The number of nitrogens with zero attached hydrogens (tertiary/aromatic N) is 2.